The third-order valence-electron chi connectivity index (χ3n) is 3.20. The van der Waals surface area contributed by atoms with Crippen LogP contribution in [0.25, 0.3) is 0 Å². The van der Waals surface area contributed by atoms with E-state index in [1.165, 1.54) is 22.9 Å². The molecule has 1 heterocycles. The van der Waals surface area contributed by atoms with Crippen molar-refractivity contribution in [2.75, 3.05) is 6.61 Å². The van der Waals surface area contributed by atoms with E-state index in [1.807, 2.05) is 0 Å². The number of benzene rings is 1. The number of ether oxygens (including phenoxy) is 1. The molecule has 0 bridgehead atoms. The first kappa shape index (κ1) is 15.2. The van der Waals surface area contributed by atoms with Crippen LogP contribution in [-0.4, -0.2) is 17.1 Å². The minimum atomic E-state index is -3.06. The summed E-state index contributed by atoms with van der Waals surface area (Å²) in [5.74, 6) is -3.64. The van der Waals surface area contributed by atoms with Gasteiger partial charge in [0, 0.05) is 11.8 Å². The quantitative estimate of drug-likeness (QED) is 0.786. The van der Waals surface area contributed by atoms with Gasteiger partial charge in [0.15, 0.2) is 0 Å². The molecule has 0 aliphatic rings. The molecule has 1 aromatic carbocycles. The summed E-state index contributed by atoms with van der Waals surface area (Å²) in [7, 11) is 0. The Morgan fingerprint density at radius 1 is 1.24 bits per heavy atom. The molecule has 2 aromatic rings. The number of nitrogens with zero attached hydrogens (tertiary/aromatic N) is 1. The maximum atomic E-state index is 14.3. The second-order valence-corrected chi connectivity index (χ2v) is 4.77. The van der Waals surface area contributed by atoms with Crippen LogP contribution in [0.5, 0.6) is 0 Å². The monoisotopic (exact) mass is 293 g/mol. The molecule has 0 N–H and O–H groups in total. The number of hydrogen-bond acceptors (Lipinski definition) is 2. The summed E-state index contributed by atoms with van der Waals surface area (Å²) in [6.07, 6.45) is 1.48. The normalized spacial score (nSPS) is 11.4. The first-order chi connectivity index (χ1) is 9.95. The van der Waals surface area contributed by atoms with Crippen molar-refractivity contribution in [3.05, 3.63) is 59.4 Å². The standard InChI is InChI=1S/C16H17F2NO2/c1-3-21-15(20)14-12(2)9-10-19(14)11-16(17,18)13-7-5-4-6-8-13/h4-10H,3,11H2,1-2H3. The Hall–Kier alpha value is -2.17. The lowest BCUT2D eigenvalue weighted by Crippen LogP contribution is -2.24. The van der Waals surface area contributed by atoms with Gasteiger partial charge in [0.25, 0.3) is 5.92 Å². The zero-order valence-corrected chi connectivity index (χ0v) is 12.0. The molecular weight excluding hydrogens is 276 g/mol. The van der Waals surface area contributed by atoms with E-state index in [0.717, 1.165) is 0 Å². The zero-order valence-electron chi connectivity index (χ0n) is 12.0. The van der Waals surface area contributed by atoms with E-state index in [9.17, 15) is 13.6 Å². The van der Waals surface area contributed by atoms with Gasteiger partial charge in [0.05, 0.1) is 13.2 Å². The molecule has 0 radical (unpaired) electrons. The van der Waals surface area contributed by atoms with Gasteiger partial charge >= 0.3 is 5.97 Å². The third kappa shape index (κ3) is 3.29. The highest BCUT2D eigenvalue weighted by Gasteiger charge is 2.33. The maximum Gasteiger partial charge on any atom is 0.355 e. The fourth-order valence-corrected chi connectivity index (χ4v) is 2.18. The highest BCUT2D eigenvalue weighted by atomic mass is 19.3. The summed E-state index contributed by atoms with van der Waals surface area (Å²) in [5.41, 5.74) is 0.718. The van der Waals surface area contributed by atoms with Crippen LogP contribution in [-0.2, 0) is 17.2 Å². The Morgan fingerprint density at radius 2 is 1.90 bits per heavy atom. The Kier molecular flexibility index (Phi) is 4.40. The van der Waals surface area contributed by atoms with E-state index < -0.39 is 18.4 Å². The number of esters is 1. The molecule has 0 fully saturated rings. The molecule has 0 unspecified atom stereocenters. The van der Waals surface area contributed by atoms with Crippen molar-refractivity contribution < 1.29 is 18.3 Å². The van der Waals surface area contributed by atoms with E-state index in [4.69, 9.17) is 4.74 Å². The van der Waals surface area contributed by atoms with Crippen LogP contribution in [0.4, 0.5) is 8.78 Å². The fraction of sp³-hybridized carbons (Fsp3) is 0.312. The number of carbonyl (C=O) groups is 1. The van der Waals surface area contributed by atoms with Crippen molar-refractivity contribution in [3.63, 3.8) is 0 Å². The second-order valence-electron chi connectivity index (χ2n) is 4.77. The molecule has 2 rings (SSSR count). The van der Waals surface area contributed by atoms with Gasteiger partial charge in [0.2, 0.25) is 0 Å². The molecular formula is C16H17F2NO2. The van der Waals surface area contributed by atoms with E-state index in [2.05, 4.69) is 0 Å². The first-order valence-electron chi connectivity index (χ1n) is 6.72. The van der Waals surface area contributed by atoms with Crippen LogP contribution in [0.3, 0.4) is 0 Å². The highest BCUT2D eigenvalue weighted by Crippen LogP contribution is 2.30. The van der Waals surface area contributed by atoms with Gasteiger partial charge in [-0.3, -0.25) is 0 Å². The predicted molar refractivity (Wildman–Crippen MR) is 75.5 cm³/mol. The Labute approximate surface area is 122 Å². The molecule has 0 amide bonds. The highest BCUT2D eigenvalue weighted by molar-refractivity contribution is 5.89. The topological polar surface area (TPSA) is 31.2 Å². The summed E-state index contributed by atoms with van der Waals surface area (Å²) in [5, 5.41) is 0. The van der Waals surface area contributed by atoms with E-state index >= 15 is 0 Å². The second kappa shape index (κ2) is 6.08. The summed E-state index contributed by atoms with van der Waals surface area (Å²) < 4.78 is 34.8. The first-order valence-corrected chi connectivity index (χ1v) is 6.72. The van der Waals surface area contributed by atoms with E-state index in [-0.39, 0.29) is 17.9 Å². The lowest BCUT2D eigenvalue weighted by atomic mass is 10.1. The molecule has 112 valence electrons. The van der Waals surface area contributed by atoms with Crippen LogP contribution in [0, 0.1) is 6.92 Å². The van der Waals surface area contributed by atoms with Crippen molar-refractivity contribution in [2.45, 2.75) is 26.3 Å². The van der Waals surface area contributed by atoms with Crippen LogP contribution < -0.4 is 0 Å². The van der Waals surface area contributed by atoms with Crippen molar-refractivity contribution in [3.8, 4) is 0 Å². The van der Waals surface area contributed by atoms with Gasteiger partial charge in [-0.15, -0.1) is 0 Å². The number of carbonyl (C=O) groups excluding carboxylic acids is 1. The van der Waals surface area contributed by atoms with Crippen LogP contribution in [0.2, 0.25) is 0 Å². The Balaban J connectivity index is 2.30. The zero-order chi connectivity index (χ0) is 15.5. The van der Waals surface area contributed by atoms with E-state index in [0.29, 0.717) is 5.56 Å². The third-order valence-corrected chi connectivity index (χ3v) is 3.20. The number of aryl methyl sites for hydroxylation is 1. The Bertz CT molecular complexity index is 620. The largest absolute Gasteiger partial charge is 0.461 e. The molecule has 0 spiro atoms. The fourth-order valence-electron chi connectivity index (χ4n) is 2.18. The summed E-state index contributed by atoms with van der Waals surface area (Å²) in [4.78, 5) is 11.9. The molecule has 0 saturated carbocycles. The summed E-state index contributed by atoms with van der Waals surface area (Å²) in [6, 6.07) is 9.20. The molecule has 0 atom stereocenters. The van der Waals surface area contributed by atoms with Crippen LogP contribution in [0.15, 0.2) is 42.6 Å². The van der Waals surface area contributed by atoms with Crippen molar-refractivity contribution >= 4 is 5.97 Å². The van der Waals surface area contributed by atoms with Gasteiger partial charge in [0.1, 0.15) is 5.69 Å². The molecule has 1 aromatic heterocycles. The molecule has 5 heteroatoms. The smallest absolute Gasteiger partial charge is 0.355 e. The number of hydrogen-bond donors (Lipinski definition) is 0. The van der Waals surface area contributed by atoms with Gasteiger partial charge in [-0.1, -0.05) is 30.3 Å². The van der Waals surface area contributed by atoms with E-state index in [1.54, 1.807) is 38.1 Å². The van der Waals surface area contributed by atoms with Crippen molar-refractivity contribution in [1.29, 1.82) is 0 Å². The lowest BCUT2D eigenvalue weighted by Gasteiger charge is -2.19. The molecule has 0 aliphatic carbocycles. The summed E-state index contributed by atoms with van der Waals surface area (Å²) >= 11 is 0. The molecule has 21 heavy (non-hydrogen) atoms. The summed E-state index contributed by atoms with van der Waals surface area (Å²) in [6.45, 7) is 2.99. The lowest BCUT2D eigenvalue weighted by molar-refractivity contribution is -0.0230. The SMILES string of the molecule is CCOC(=O)c1c(C)ccn1CC(F)(F)c1ccccc1. The van der Waals surface area contributed by atoms with Gasteiger partial charge in [-0.2, -0.15) is 8.78 Å². The number of alkyl halides is 2. The van der Waals surface area contributed by atoms with Gasteiger partial charge in [-0.05, 0) is 25.5 Å². The predicted octanol–water partition coefficient (Wildman–Crippen LogP) is 3.77. The number of rotatable bonds is 5. The van der Waals surface area contributed by atoms with Crippen molar-refractivity contribution in [2.24, 2.45) is 0 Å². The van der Waals surface area contributed by atoms with Crippen LogP contribution >= 0.6 is 0 Å². The molecule has 3 nitrogen and oxygen atoms in total. The number of aromatic nitrogens is 1. The molecule has 0 saturated heterocycles. The maximum absolute atomic E-state index is 14.3. The average Bonchev–Trinajstić information content (AvgIpc) is 2.80. The van der Waals surface area contributed by atoms with Gasteiger partial charge in [-0.25, -0.2) is 4.79 Å². The van der Waals surface area contributed by atoms with Crippen molar-refractivity contribution in [1.82, 2.24) is 4.57 Å². The van der Waals surface area contributed by atoms with Crippen LogP contribution in [0.1, 0.15) is 28.5 Å². The Morgan fingerprint density at radius 3 is 2.52 bits per heavy atom. The van der Waals surface area contributed by atoms with Gasteiger partial charge < -0.3 is 9.30 Å². The minimum Gasteiger partial charge on any atom is -0.461 e. The average molecular weight is 293 g/mol. The number of halogens is 2. The molecule has 0 aliphatic heterocycles. The minimum absolute atomic E-state index is 0.0776.